The molecule has 1 amide bonds. The maximum absolute atomic E-state index is 11.9. The highest BCUT2D eigenvalue weighted by Gasteiger charge is 2.10. The van der Waals surface area contributed by atoms with E-state index in [9.17, 15) is 9.90 Å². The maximum atomic E-state index is 11.9. The minimum Gasteiger partial charge on any atom is -0.387 e. The molecule has 2 rings (SSSR count). The van der Waals surface area contributed by atoms with Crippen LogP contribution in [0, 0.1) is 0 Å². The van der Waals surface area contributed by atoms with E-state index >= 15 is 0 Å². The summed E-state index contributed by atoms with van der Waals surface area (Å²) in [5, 5.41) is 17.1. The molecule has 1 aromatic heterocycles. The molecule has 0 aliphatic carbocycles. The first kappa shape index (κ1) is 17.1. The molecular weight excluding hydrogens is 314 g/mol. The lowest BCUT2D eigenvalue weighted by atomic mass is 10.1. The summed E-state index contributed by atoms with van der Waals surface area (Å²) in [6, 6.07) is 9.94. The molecule has 0 aliphatic rings. The smallest absolute Gasteiger partial charge is 0.224 e. The predicted molar refractivity (Wildman–Crippen MR) is 93.4 cm³/mol. The van der Waals surface area contributed by atoms with Crippen molar-refractivity contribution in [1.82, 2.24) is 5.32 Å². The molecule has 1 heterocycles. The van der Waals surface area contributed by atoms with Gasteiger partial charge >= 0.3 is 0 Å². The molecule has 0 radical (unpaired) electrons. The lowest BCUT2D eigenvalue weighted by Gasteiger charge is -2.11. The Balaban J connectivity index is 1.79. The van der Waals surface area contributed by atoms with Crippen molar-refractivity contribution in [3.05, 3.63) is 52.2 Å². The normalized spacial score (nSPS) is 12.4. The van der Waals surface area contributed by atoms with Crippen molar-refractivity contribution in [3.8, 4) is 0 Å². The number of amides is 1. The molecule has 3 nitrogen and oxygen atoms in total. The van der Waals surface area contributed by atoms with Crippen LogP contribution in [0.25, 0.3) is 0 Å². The molecule has 0 spiro atoms. The first-order valence-corrected chi connectivity index (χ1v) is 9.09. The van der Waals surface area contributed by atoms with Gasteiger partial charge in [-0.3, -0.25) is 4.79 Å². The zero-order valence-corrected chi connectivity index (χ0v) is 14.4. The second kappa shape index (κ2) is 8.36. The van der Waals surface area contributed by atoms with Crippen molar-refractivity contribution in [1.29, 1.82) is 0 Å². The Hall–Kier alpha value is -1.30. The molecule has 2 N–H and O–H groups in total. The Bertz CT molecular complexity index is 579. The average molecular weight is 335 g/mol. The molecular formula is C17H21NO2S2. The molecule has 2 aromatic rings. The lowest BCUT2D eigenvalue weighted by molar-refractivity contribution is -0.120. The summed E-state index contributed by atoms with van der Waals surface area (Å²) in [7, 11) is 0. The van der Waals surface area contributed by atoms with Gasteiger partial charge in [-0.2, -0.15) is 11.3 Å². The van der Waals surface area contributed by atoms with E-state index < -0.39 is 6.10 Å². The number of aliphatic hydroxyl groups excluding tert-OH is 1. The van der Waals surface area contributed by atoms with Crippen LogP contribution in [0.2, 0.25) is 0 Å². The van der Waals surface area contributed by atoms with Crippen LogP contribution in [0.4, 0.5) is 0 Å². The number of benzene rings is 1. The molecule has 1 atom stereocenters. The summed E-state index contributed by atoms with van der Waals surface area (Å²) >= 11 is 3.34. The van der Waals surface area contributed by atoms with Crippen LogP contribution < -0.4 is 5.32 Å². The third-order valence-corrected chi connectivity index (χ3v) is 4.80. The van der Waals surface area contributed by atoms with Crippen LogP contribution in [0.1, 0.15) is 31.1 Å². The molecule has 118 valence electrons. The van der Waals surface area contributed by atoms with Gasteiger partial charge in [-0.25, -0.2) is 0 Å². The number of rotatable bonds is 7. The Morgan fingerprint density at radius 1 is 1.27 bits per heavy atom. The minimum absolute atomic E-state index is 0.0708. The van der Waals surface area contributed by atoms with Gasteiger partial charge in [0.15, 0.2) is 0 Å². The number of thioether (sulfide) groups is 1. The molecule has 5 heteroatoms. The SMILES string of the molecule is CC(C)Sc1ccc(CC(=O)NCC(O)c2ccsc2)cc1. The predicted octanol–water partition coefficient (Wildman–Crippen LogP) is 3.64. The quantitative estimate of drug-likeness (QED) is 0.760. The van der Waals surface area contributed by atoms with Crippen molar-refractivity contribution in [3.63, 3.8) is 0 Å². The van der Waals surface area contributed by atoms with Crippen LogP contribution in [0.3, 0.4) is 0 Å². The highest BCUT2D eigenvalue weighted by molar-refractivity contribution is 7.99. The van der Waals surface area contributed by atoms with Gasteiger partial charge < -0.3 is 10.4 Å². The fourth-order valence-corrected chi connectivity index (χ4v) is 3.54. The van der Waals surface area contributed by atoms with E-state index in [-0.39, 0.29) is 12.5 Å². The van der Waals surface area contributed by atoms with Crippen molar-refractivity contribution in [2.45, 2.75) is 36.5 Å². The molecule has 1 aromatic carbocycles. The standard InChI is InChI=1S/C17H21NO2S2/c1-12(2)22-15-5-3-13(4-6-15)9-17(20)18-10-16(19)14-7-8-21-11-14/h3-8,11-12,16,19H,9-10H2,1-2H3,(H,18,20). The Morgan fingerprint density at radius 3 is 2.59 bits per heavy atom. The number of hydrogen-bond donors (Lipinski definition) is 2. The Morgan fingerprint density at radius 2 is 2.00 bits per heavy atom. The van der Waals surface area contributed by atoms with Crippen molar-refractivity contribution >= 4 is 29.0 Å². The summed E-state index contributed by atoms with van der Waals surface area (Å²) in [4.78, 5) is 13.1. The van der Waals surface area contributed by atoms with E-state index in [1.807, 2.05) is 41.1 Å². The summed E-state index contributed by atoms with van der Waals surface area (Å²) in [6.07, 6.45) is -0.303. The number of carbonyl (C=O) groups excluding carboxylic acids is 1. The summed E-state index contributed by atoms with van der Waals surface area (Å²) in [5.41, 5.74) is 1.83. The van der Waals surface area contributed by atoms with Crippen LogP contribution >= 0.6 is 23.1 Å². The van der Waals surface area contributed by atoms with Crippen LogP contribution in [-0.2, 0) is 11.2 Å². The molecule has 0 bridgehead atoms. The topological polar surface area (TPSA) is 49.3 Å². The van der Waals surface area contributed by atoms with Gasteiger partial charge in [0.25, 0.3) is 0 Å². The lowest BCUT2D eigenvalue weighted by Crippen LogP contribution is -2.29. The van der Waals surface area contributed by atoms with Crippen LogP contribution in [0.5, 0.6) is 0 Å². The Labute approximate surface area is 139 Å². The Kier molecular flexibility index (Phi) is 6.49. The van der Waals surface area contributed by atoms with E-state index in [2.05, 4.69) is 19.2 Å². The van der Waals surface area contributed by atoms with Gasteiger partial charge in [-0.1, -0.05) is 26.0 Å². The van der Waals surface area contributed by atoms with Gasteiger partial charge in [0.05, 0.1) is 12.5 Å². The summed E-state index contributed by atoms with van der Waals surface area (Å²) in [5.74, 6) is -0.0708. The molecule has 22 heavy (non-hydrogen) atoms. The number of carbonyl (C=O) groups is 1. The number of thiophene rings is 1. The zero-order valence-electron chi connectivity index (χ0n) is 12.8. The first-order chi connectivity index (χ1) is 10.5. The molecule has 0 aliphatic heterocycles. The highest BCUT2D eigenvalue weighted by atomic mass is 32.2. The number of nitrogens with one attached hydrogen (secondary N) is 1. The third kappa shape index (κ3) is 5.48. The van der Waals surface area contributed by atoms with Gasteiger partial charge in [0.2, 0.25) is 5.91 Å². The fourth-order valence-electron chi connectivity index (χ4n) is 2.00. The van der Waals surface area contributed by atoms with E-state index in [4.69, 9.17) is 0 Å². The minimum atomic E-state index is -0.639. The fraction of sp³-hybridized carbons (Fsp3) is 0.353. The largest absolute Gasteiger partial charge is 0.387 e. The van der Waals surface area contributed by atoms with Crippen molar-refractivity contribution in [2.24, 2.45) is 0 Å². The molecule has 1 unspecified atom stereocenters. The number of aliphatic hydroxyl groups is 1. The van der Waals surface area contributed by atoms with E-state index in [1.165, 1.54) is 16.2 Å². The van der Waals surface area contributed by atoms with Crippen LogP contribution in [0.15, 0.2) is 46.0 Å². The van der Waals surface area contributed by atoms with E-state index in [1.54, 1.807) is 11.8 Å². The summed E-state index contributed by atoms with van der Waals surface area (Å²) in [6.45, 7) is 4.56. The monoisotopic (exact) mass is 335 g/mol. The second-order valence-electron chi connectivity index (χ2n) is 5.36. The molecule has 0 saturated carbocycles. The first-order valence-electron chi connectivity index (χ1n) is 7.27. The van der Waals surface area contributed by atoms with Gasteiger partial charge in [-0.05, 0) is 40.1 Å². The van der Waals surface area contributed by atoms with E-state index in [0.717, 1.165) is 11.1 Å². The third-order valence-electron chi connectivity index (χ3n) is 3.08. The summed E-state index contributed by atoms with van der Waals surface area (Å²) < 4.78 is 0. The van der Waals surface area contributed by atoms with E-state index in [0.29, 0.717) is 11.7 Å². The maximum Gasteiger partial charge on any atom is 0.224 e. The average Bonchev–Trinajstić information content (AvgIpc) is 3.00. The highest BCUT2D eigenvalue weighted by Crippen LogP contribution is 2.23. The molecule has 0 fully saturated rings. The van der Waals surface area contributed by atoms with Gasteiger partial charge in [-0.15, -0.1) is 11.8 Å². The number of hydrogen-bond acceptors (Lipinski definition) is 4. The second-order valence-corrected chi connectivity index (χ2v) is 7.79. The van der Waals surface area contributed by atoms with Crippen molar-refractivity contribution < 1.29 is 9.90 Å². The molecule has 0 saturated heterocycles. The van der Waals surface area contributed by atoms with Gasteiger partial charge in [0, 0.05) is 16.7 Å². The zero-order chi connectivity index (χ0) is 15.9. The van der Waals surface area contributed by atoms with Crippen molar-refractivity contribution in [2.75, 3.05) is 6.54 Å². The van der Waals surface area contributed by atoms with Gasteiger partial charge in [0.1, 0.15) is 0 Å². The van der Waals surface area contributed by atoms with Crippen LogP contribution in [-0.4, -0.2) is 22.8 Å².